The Kier molecular flexibility index (Phi) is 4.41. The monoisotopic (exact) mass is 305 g/mol. The fourth-order valence-electron chi connectivity index (χ4n) is 3.82. The molecule has 0 aromatic heterocycles. The van der Waals surface area contributed by atoms with Crippen LogP contribution in [0.5, 0.6) is 0 Å². The highest BCUT2D eigenvalue weighted by Gasteiger charge is 2.22. The van der Waals surface area contributed by atoms with Gasteiger partial charge in [-0.1, -0.05) is 68.5 Å². The Labute approximate surface area is 140 Å². The molecule has 0 saturated carbocycles. The molecule has 0 fully saturated rings. The van der Waals surface area contributed by atoms with E-state index in [9.17, 15) is 0 Å². The van der Waals surface area contributed by atoms with Gasteiger partial charge in [-0.15, -0.1) is 0 Å². The van der Waals surface area contributed by atoms with Crippen LogP contribution in [-0.4, -0.2) is 25.5 Å². The molecular formula is C22H27N. The predicted molar refractivity (Wildman–Crippen MR) is 99.7 cm³/mol. The fraction of sp³-hybridized carbons (Fsp3) is 0.364. The molecule has 1 aliphatic carbocycles. The molecule has 0 bridgehead atoms. The van der Waals surface area contributed by atoms with Crippen LogP contribution in [-0.2, 0) is 12.8 Å². The average molecular weight is 305 g/mol. The predicted octanol–water partition coefficient (Wildman–Crippen LogP) is 4.80. The van der Waals surface area contributed by atoms with Gasteiger partial charge >= 0.3 is 0 Å². The summed E-state index contributed by atoms with van der Waals surface area (Å²) in [6.07, 6.45) is 4.73. The molecule has 23 heavy (non-hydrogen) atoms. The molecule has 0 saturated heterocycles. The van der Waals surface area contributed by atoms with Crippen molar-refractivity contribution in [1.29, 1.82) is 0 Å². The number of hydrogen-bond donors (Lipinski definition) is 0. The SMILES string of the molecule is CN(C)CC(C)(C)C=C1c2ccccc2CCc2ccccc21. The van der Waals surface area contributed by atoms with Gasteiger partial charge in [0.15, 0.2) is 0 Å². The lowest BCUT2D eigenvalue weighted by atomic mass is 9.84. The van der Waals surface area contributed by atoms with Crippen LogP contribution in [0.15, 0.2) is 54.6 Å². The molecule has 120 valence electrons. The van der Waals surface area contributed by atoms with E-state index in [1.807, 2.05) is 0 Å². The van der Waals surface area contributed by atoms with Crippen LogP contribution in [0.25, 0.3) is 5.57 Å². The zero-order chi connectivity index (χ0) is 16.4. The minimum Gasteiger partial charge on any atom is -0.309 e. The van der Waals surface area contributed by atoms with Gasteiger partial charge in [-0.2, -0.15) is 0 Å². The van der Waals surface area contributed by atoms with E-state index >= 15 is 0 Å². The van der Waals surface area contributed by atoms with Crippen molar-refractivity contribution in [3.8, 4) is 0 Å². The van der Waals surface area contributed by atoms with E-state index < -0.39 is 0 Å². The van der Waals surface area contributed by atoms with E-state index in [0.29, 0.717) is 0 Å². The van der Waals surface area contributed by atoms with Crippen molar-refractivity contribution in [2.24, 2.45) is 5.41 Å². The Morgan fingerprint density at radius 1 is 0.870 bits per heavy atom. The second-order valence-electron chi connectivity index (χ2n) is 7.60. The van der Waals surface area contributed by atoms with Crippen LogP contribution in [0.1, 0.15) is 36.1 Å². The maximum atomic E-state index is 2.48. The number of benzene rings is 2. The zero-order valence-corrected chi connectivity index (χ0v) is 14.8. The molecule has 3 rings (SSSR count). The van der Waals surface area contributed by atoms with Crippen LogP contribution in [0, 0.1) is 5.41 Å². The van der Waals surface area contributed by atoms with Crippen LogP contribution in [0.3, 0.4) is 0 Å². The van der Waals surface area contributed by atoms with E-state index in [1.54, 1.807) is 0 Å². The molecule has 1 aliphatic rings. The Balaban J connectivity index is 2.18. The normalized spacial score (nSPS) is 14.2. The van der Waals surface area contributed by atoms with E-state index in [4.69, 9.17) is 0 Å². The molecule has 0 amide bonds. The summed E-state index contributed by atoms with van der Waals surface area (Å²) in [5.74, 6) is 0. The molecule has 2 aromatic carbocycles. The molecule has 0 aliphatic heterocycles. The number of aryl methyl sites for hydroxylation is 2. The van der Waals surface area contributed by atoms with E-state index in [1.165, 1.54) is 27.8 Å². The lowest BCUT2D eigenvalue weighted by molar-refractivity contribution is 0.293. The summed E-state index contributed by atoms with van der Waals surface area (Å²) in [5, 5.41) is 0. The van der Waals surface area contributed by atoms with Gasteiger partial charge in [0.25, 0.3) is 0 Å². The minimum atomic E-state index is 0.128. The Morgan fingerprint density at radius 2 is 1.35 bits per heavy atom. The third-order valence-electron chi connectivity index (χ3n) is 4.54. The first-order chi connectivity index (χ1) is 11.0. The first-order valence-electron chi connectivity index (χ1n) is 8.50. The van der Waals surface area contributed by atoms with Crippen molar-refractivity contribution in [2.75, 3.05) is 20.6 Å². The van der Waals surface area contributed by atoms with Crippen LogP contribution < -0.4 is 0 Å². The lowest BCUT2D eigenvalue weighted by Gasteiger charge is -2.27. The molecule has 0 atom stereocenters. The smallest absolute Gasteiger partial charge is 0.00616 e. The topological polar surface area (TPSA) is 3.24 Å². The summed E-state index contributed by atoms with van der Waals surface area (Å²) in [6, 6.07) is 17.8. The Morgan fingerprint density at radius 3 is 1.83 bits per heavy atom. The first kappa shape index (κ1) is 16.0. The largest absolute Gasteiger partial charge is 0.309 e. The van der Waals surface area contributed by atoms with E-state index in [-0.39, 0.29) is 5.41 Å². The molecular weight excluding hydrogens is 278 g/mol. The second-order valence-corrected chi connectivity index (χ2v) is 7.60. The molecule has 0 spiro atoms. The number of fused-ring (bicyclic) bond motifs is 2. The molecule has 2 aromatic rings. The average Bonchev–Trinajstić information content (AvgIpc) is 2.64. The fourth-order valence-corrected chi connectivity index (χ4v) is 3.82. The van der Waals surface area contributed by atoms with E-state index in [0.717, 1.165) is 19.4 Å². The quantitative estimate of drug-likeness (QED) is 0.787. The summed E-state index contributed by atoms with van der Waals surface area (Å²) in [6.45, 7) is 5.70. The van der Waals surface area contributed by atoms with Gasteiger partial charge in [0, 0.05) is 6.54 Å². The maximum absolute atomic E-state index is 2.48. The van der Waals surface area contributed by atoms with Gasteiger partial charge in [0.05, 0.1) is 0 Å². The summed E-state index contributed by atoms with van der Waals surface area (Å²) < 4.78 is 0. The Bertz CT molecular complexity index is 673. The summed E-state index contributed by atoms with van der Waals surface area (Å²) >= 11 is 0. The molecule has 0 unspecified atom stereocenters. The summed E-state index contributed by atoms with van der Waals surface area (Å²) in [7, 11) is 4.30. The van der Waals surface area contributed by atoms with Crippen molar-refractivity contribution >= 4 is 5.57 Å². The van der Waals surface area contributed by atoms with Gasteiger partial charge < -0.3 is 4.90 Å². The highest BCUT2D eigenvalue weighted by molar-refractivity contribution is 5.84. The number of rotatable bonds is 3. The second kappa shape index (κ2) is 6.33. The van der Waals surface area contributed by atoms with Gasteiger partial charge in [-0.25, -0.2) is 0 Å². The molecule has 0 radical (unpaired) electrons. The number of hydrogen-bond acceptors (Lipinski definition) is 1. The van der Waals surface area contributed by atoms with Crippen molar-refractivity contribution in [3.05, 3.63) is 76.9 Å². The summed E-state index contributed by atoms with van der Waals surface area (Å²) in [5.41, 5.74) is 7.28. The Hall–Kier alpha value is -1.86. The minimum absolute atomic E-state index is 0.128. The zero-order valence-electron chi connectivity index (χ0n) is 14.8. The van der Waals surface area contributed by atoms with Gasteiger partial charge in [-0.05, 0) is 60.2 Å². The van der Waals surface area contributed by atoms with Crippen LogP contribution in [0.2, 0.25) is 0 Å². The molecule has 0 heterocycles. The maximum Gasteiger partial charge on any atom is 0.00616 e. The molecule has 0 N–H and O–H groups in total. The standard InChI is InChI=1S/C22H27N/c1-22(2,16-23(3)4)15-21-19-11-7-5-9-17(19)13-14-18-10-6-8-12-20(18)21/h5-12,15H,13-14,16H2,1-4H3. The van der Waals surface area contributed by atoms with Crippen molar-refractivity contribution in [1.82, 2.24) is 4.90 Å². The van der Waals surface area contributed by atoms with Crippen molar-refractivity contribution < 1.29 is 0 Å². The third kappa shape index (κ3) is 3.56. The van der Waals surface area contributed by atoms with Gasteiger partial charge in [0.1, 0.15) is 0 Å². The van der Waals surface area contributed by atoms with Crippen LogP contribution >= 0.6 is 0 Å². The molecule has 1 heteroatoms. The van der Waals surface area contributed by atoms with Crippen LogP contribution in [0.4, 0.5) is 0 Å². The van der Waals surface area contributed by atoms with Gasteiger partial charge in [-0.3, -0.25) is 0 Å². The first-order valence-corrected chi connectivity index (χ1v) is 8.50. The van der Waals surface area contributed by atoms with E-state index in [2.05, 4.69) is 87.4 Å². The van der Waals surface area contributed by atoms with Gasteiger partial charge in [0.2, 0.25) is 0 Å². The number of nitrogens with zero attached hydrogens (tertiary/aromatic N) is 1. The van der Waals surface area contributed by atoms with Crippen molar-refractivity contribution in [2.45, 2.75) is 26.7 Å². The third-order valence-corrected chi connectivity index (χ3v) is 4.54. The lowest BCUT2D eigenvalue weighted by Crippen LogP contribution is -2.27. The summed E-state index contributed by atoms with van der Waals surface area (Å²) in [4.78, 5) is 2.27. The van der Waals surface area contributed by atoms with Crippen molar-refractivity contribution in [3.63, 3.8) is 0 Å². The highest BCUT2D eigenvalue weighted by atomic mass is 15.1. The molecule has 1 nitrogen and oxygen atoms in total. The highest BCUT2D eigenvalue weighted by Crippen LogP contribution is 2.36.